The summed E-state index contributed by atoms with van der Waals surface area (Å²) in [5.74, 6) is -1.77. The first kappa shape index (κ1) is 36.7. The highest BCUT2D eigenvalue weighted by Gasteiger charge is 2.55. The zero-order valence-corrected chi connectivity index (χ0v) is 28.7. The van der Waals surface area contributed by atoms with Gasteiger partial charge in [0.15, 0.2) is 9.84 Å². The highest BCUT2D eigenvalue weighted by molar-refractivity contribution is 7.93. The molecule has 1 aromatic rings. The minimum absolute atomic E-state index is 0.0717. The molecule has 2 rings (SSSR count). The summed E-state index contributed by atoms with van der Waals surface area (Å²) in [4.78, 5) is 32.2. The maximum absolute atomic E-state index is 15.6. The molecular weight excluding hydrogens is 578 g/mol. The molecule has 1 aromatic carbocycles. The summed E-state index contributed by atoms with van der Waals surface area (Å²) < 4.78 is 64.6. The first-order valence-electron chi connectivity index (χ1n) is 14.5. The SMILES string of the molecule is CCOB(OC(C)(C)CC)c1ccc(F)c([C@]2(C)CS(=O)(=O)C(C)(C)C(N(C(=O)OC(C)(C)C)C(=O)OC(C)(C)C)=N2)c1. The minimum Gasteiger partial charge on any atom is -0.443 e. The van der Waals surface area contributed by atoms with Crippen molar-refractivity contribution in [3.63, 3.8) is 0 Å². The minimum atomic E-state index is -4.18. The van der Waals surface area contributed by atoms with Crippen LogP contribution in [0.15, 0.2) is 23.2 Å². The van der Waals surface area contributed by atoms with E-state index in [0.29, 0.717) is 23.4 Å². The average Bonchev–Trinajstić information content (AvgIpc) is 2.80. The van der Waals surface area contributed by atoms with Gasteiger partial charge < -0.3 is 18.8 Å². The van der Waals surface area contributed by atoms with Crippen molar-refractivity contribution in [2.45, 2.75) is 124 Å². The fourth-order valence-electron chi connectivity index (χ4n) is 4.23. The summed E-state index contributed by atoms with van der Waals surface area (Å²) in [6.45, 7) is 21.6. The normalized spacial score (nSPS) is 20.2. The molecule has 242 valence electrons. The fourth-order valence-corrected chi connectivity index (χ4v) is 5.97. The monoisotopic (exact) mass is 626 g/mol. The van der Waals surface area contributed by atoms with E-state index in [1.165, 1.54) is 39.0 Å². The number of carbonyl (C=O) groups excluding carboxylic acids is 2. The van der Waals surface area contributed by atoms with E-state index >= 15 is 4.39 Å². The van der Waals surface area contributed by atoms with E-state index in [1.54, 1.807) is 48.5 Å². The van der Waals surface area contributed by atoms with Crippen LogP contribution in [0.25, 0.3) is 0 Å². The Labute approximate surface area is 256 Å². The number of ether oxygens (including phenoxy) is 2. The Morgan fingerprint density at radius 2 is 1.49 bits per heavy atom. The van der Waals surface area contributed by atoms with Crippen LogP contribution < -0.4 is 5.46 Å². The number of aliphatic imine (C=N–C) groups is 1. The summed E-state index contributed by atoms with van der Waals surface area (Å²) in [6.07, 6.45) is -1.67. The summed E-state index contributed by atoms with van der Waals surface area (Å²) in [7, 11) is -5.05. The van der Waals surface area contributed by atoms with E-state index < -0.39 is 73.6 Å². The Hall–Kier alpha value is -2.51. The average molecular weight is 627 g/mol. The molecule has 2 amide bonds. The maximum atomic E-state index is 15.6. The lowest BCUT2D eigenvalue weighted by Gasteiger charge is -2.42. The van der Waals surface area contributed by atoms with Gasteiger partial charge in [-0.2, -0.15) is 4.90 Å². The molecule has 0 saturated heterocycles. The van der Waals surface area contributed by atoms with Gasteiger partial charge in [0, 0.05) is 17.8 Å². The molecule has 1 atom stereocenters. The second-order valence-electron chi connectivity index (χ2n) is 14.0. The number of halogens is 1. The fraction of sp³-hybridized carbons (Fsp3) is 0.700. The molecule has 0 aromatic heterocycles. The summed E-state index contributed by atoms with van der Waals surface area (Å²) >= 11 is 0. The number of imide groups is 1. The first-order chi connectivity index (χ1) is 19.3. The topological polar surface area (TPSA) is 121 Å². The zero-order chi connectivity index (χ0) is 33.4. The van der Waals surface area contributed by atoms with Crippen LogP contribution in [-0.2, 0) is 34.2 Å². The molecule has 0 aliphatic carbocycles. The number of hydrogen-bond acceptors (Lipinski definition) is 9. The molecule has 1 heterocycles. The van der Waals surface area contributed by atoms with Gasteiger partial charge in [-0.25, -0.2) is 22.4 Å². The van der Waals surface area contributed by atoms with Crippen molar-refractivity contribution in [3.8, 4) is 0 Å². The van der Waals surface area contributed by atoms with E-state index in [9.17, 15) is 18.0 Å². The van der Waals surface area contributed by atoms with Gasteiger partial charge in [0.2, 0.25) is 0 Å². The third-order valence-electron chi connectivity index (χ3n) is 6.94. The van der Waals surface area contributed by atoms with Crippen LogP contribution in [0.5, 0.6) is 0 Å². The van der Waals surface area contributed by atoms with Crippen LogP contribution in [0, 0.1) is 5.82 Å². The predicted molar refractivity (Wildman–Crippen MR) is 166 cm³/mol. The second kappa shape index (κ2) is 12.5. The molecule has 0 unspecified atom stereocenters. The van der Waals surface area contributed by atoms with E-state index in [2.05, 4.69) is 4.99 Å². The number of rotatable bonds is 7. The zero-order valence-electron chi connectivity index (χ0n) is 27.9. The van der Waals surface area contributed by atoms with Crippen LogP contribution in [-0.4, -0.2) is 72.4 Å². The third-order valence-corrected chi connectivity index (χ3v) is 9.62. The summed E-state index contributed by atoms with van der Waals surface area (Å²) in [5, 5.41) is 0. The van der Waals surface area contributed by atoms with Gasteiger partial charge in [-0.05, 0) is 101 Å². The van der Waals surface area contributed by atoms with Crippen molar-refractivity contribution in [1.29, 1.82) is 0 Å². The molecular formula is C30H48BFN2O8S. The van der Waals surface area contributed by atoms with Crippen molar-refractivity contribution in [2.75, 3.05) is 12.4 Å². The second-order valence-corrected chi connectivity index (χ2v) is 16.6. The van der Waals surface area contributed by atoms with Crippen molar-refractivity contribution in [2.24, 2.45) is 4.99 Å². The third kappa shape index (κ3) is 8.79. The van der Waals surface area contributed by atoms with Gasteiger partial charge in [0.05, 0.1) is 5.75 Å². The highest BCUT2D eigenvalue weighted by Crippen LogP contribution is 2.40. The number of hydrogen-bond donors (Lipinski definition) is 0. The van der Waals surface area contributed by atoms with Gasteiger partial charge in [-0.3, -0.25) is 4.99 Å². The Bertz CT molecular complexity index is 1320. The number of sulfone groups is 1. The molecule has 0 saturated carbocycles. The van der Waals surface area contributed by atoms with Crippen LogP contribution >= 0.6 is 0 Å². The standard InChI is InChI=1S/C30H48BFN2O8S/c1-14-28(9,10)42-31(39-15-2)20-16-17-22(32)21(18-20)30(13)19-43(37,38)29(11,12)23(33-30)34(24(35)40-26(3,4)5)25(36)41-27(6,7)8/h16-18H,14-15,19H2,1-13H3/t30-/m0/s1. The molecule has 0 spiro atoms. The largest absolute Gasteiger partial charge is 0.494 e. The lowest BCUT2D eigenvalue weighted by atomic mass is 9.75. The molecule has 13 heteroatoms. The quantitative estimate of drug-likeness (QED) is 0.351. The van der Waals surface area contributed by atoms with Crippen molar-refractivity contribution in [3.05, 3.63) is 29.6 Å². The van der Waals surface area contributed by atoms with Crippen molar-refractivity contribution < 1.29 is 41.2 Å². The van der Waals surface area contributed by atoms with E-state index in [1.807, 2.05) is 20.8 Å². The first-order valence-corrected chi connectivity index (χ1v) is 16.1. The van der Waals surface area contributed by atoms with Crippen LogP contribution in [0.3, 0.4) is 0 Å². The Morgan fingerprint density at radius 1 is 0.977 bits per heavy atom. The Balaban J connectivity index is 2.86. The number of carbonyl (C=O) groups is 2. The lowest BCUT2D eigenvalue weighted by molar-refractivity contribution is 0.0139. The van der Waals surface area contributed by atoms with Gasteiger partial charge in [-0.1, -0.05) is 19.1 Å². The van der Waals surface area contributed by atoms with Gasteiger partial charge in [0.25, 0.3) is 0 Å². The molecule has 10 nitrogen and oxygen atoms in total. The molecule has 43 heavy (non-hydrogen) atoms. The Kier molecular flexibility index (Phi) is 10.6. The highest BCUT2D eigenvalue weighted by atomic mass is 32.2. The van der Waals surface area contributed by atoms with Crippen molar-refractivity contribution in [1.82, 2.24) is 4.90 Å². The molecule has 1 aliphatic heterocycles. The van der Waals surface area contributed by atoms with Crippen LogP contribution in [0.1, 0.15) is 102 Å². The molecule has 1 aliphatic rings. The summed E-state index contributed by atoms with van der Waals surface area (Å²) in [5.41, 5.74) is -4.03. The number of nitrogens with zero attached hydrogens (tertiary/aromatic N) is 2. The molecule has 0 bridgehead atoms. The summed E-state index contributed by atoms with van der Waals surface area (Å²) in [6, 6.07) is 4.17. The number of amidine groups is 1. The van der Waals surface area contributed by atoms with E-state index in [-0.39, 0.29) is 5.56 Å². The van der Waals surface area contributed by atoms with Crippen molar-refractivity contribution >= 4 is 40.4 Å². The number of benzene rings is 1. The number of amides is 2. The van der Waals surface area contributed by atoms with Crippen LogP contribution in [0.2, 0.25) is 0 Å². The maximum Gasteiger partial charge on any atom is 0.494 e. The Morgan fingerprint density at radius 3 is 1.93 bits per heavy atom. The molecule has 0 radical (unpaired) electrons. The van der Waals surface area contributed by atoms with E-state index in [4.69, 9.17) is 18.8 Å². The molecule has 0 N–H and O–H groups in total. The smallest absolute Gasteiger partial charge is 0.443 e. The van der Waals surface area contributed by atoms with Gasteiger partial charge in [-0.15, -0.1) is 0 Å². The molecule has 0 fully saturated rings. The lowest BCUT2D eigenvalue weighted by Crippen LogP contribution is -2.61. The van der Waals surface area contributed by atoms with Gasteiger partial charge >= 0.3 is 19.3 Å². The predicted octanol–water partition coefficient (Wildman–Crippen LogP) is 5.76. The van der Waals surface area contributed by atoms with Gasteiger partial charge in [0.1, 0.15) is 33.1 Å². The van der Waals surface area contributed by atoms with E-state index in [0.717, 1.165) is 0 Å². The van der Waals surface area contributed by atoms with Crippen LogP contribution in [0.4, 0.5) is 14.0 Å².